The number of hydrogen-bond acceptors (Lipinski definition) is 3. The molecule has 2 aliphatic rings. The molecule has 0 bridgehead atoms. The van der Waals surface area contributed by atoms with Crippen LogP contribution in [-0.4, -0.2) is 45.7 Å². The van der Waals surface area contributed by atoms with E-state index < -0.39 is 0 Å². The summed E-state index contributed by atoms with van der Waals surface area (Å²) >= 11 is 0. The molecule has 5 nitrogen and oxygen atoms in total. The van der Waals surface area contributed by atoms with Gasteiger partial charge in [0.05, 0.1) is 23.2 Å². The number of para-hydroxylation sites is 2. The van der Waals surface area contributed by atoms with E-state index in [1.807, 2.05) is 23.1 Å². The second-order valence-electron chi connectivity index (χ2n) is 8.54. The lowest BCUT2D eigenvalue weighted by Gasteiger charge is -2.43. The van der Waals surface area contributed by atoms with Gasteiger partial charge in [0.25, 0.3) is 0 Å². The Morgan fingerprint density at radius 2 is 2.00 bits per heavy atom. The fourth-order valence-corrected chi connectivity index (χ4v) is 4.89. The predicted molar refractivity (Wildman–Crippen MR) is 116 cm³/mol. The van der Waals surface area contributed by atoms with Gasteiger partial charge in [-0.1, -0.05) is 37.6 Å². The summed E-state index contributed by atoms with van der Waals surface area (Å²) in [5.41, 5.74) is 3.31. The largest absolute Gasteiger partial charge is 0.370 e. The lowest BCUT2D eigenvalue weighted by molar-refractivity contribution is -0.139. The number of carbonyl (C=O) groups is 1. The van der Waals surface area contributed by atoms with Crippen LogP contribution >= 0.6 is 0 Å². The van der Waals surface area contributed by atoms with Crippen LogP contribution < -0.4 is 0 Å². The highest BCUT2D eigenvalue weighted by Crippen LogP contribution is 2.34. The van der Waals surface area contributed by atoms with Crippen molar-refractivity contribution >= 4 is 16.9 Å². The molecule has 1 atom stereocenters. The van der Waals surface area contributed by atoms with Gasteiger partial charge in [-0.25, -0.2) is 4.98 Å². The van der Waals surface area contributed by atoms with Gasteiger partial charge in [0.1, 0.15) is 11.9 Å². The summed E-state index contributed by atoms with van der Waals surface area (Å²) in [6.07, 6.45) is 7.78. The summed E-state index contributed by atoms with van der Waals surface area (Å²) in [5.74, 6) is 1.25. The maximum Gasteiger partial charge on any atom is 0.245 e. The zero-order valence-electron chi connectivity index (χ0n) is 18.0. The number of ether oxygens (including phenoxy) is 1. The van der Waals surface area contributed by atoms with E-state index in [2.05, 4.69) is 37.5 Å². The molecule has 1 amide bonds. The topological polar surface area (TPSA) is 47.4 Å². The molecule has 156 valence electrons. The molecule has 0 N–H and O–H groups in total. The van der Waals surface area contributed by atoms with Crippen LogP contribution in [0.25, 0.3) is 11.0 Å². The van der Waals surface area contributed by atoms with E-state index >= 15 is 0 Å². The van der Waals surface area contributed by atoms with E-state index in [1.165, 1.54) is 5.57 Å². The fourth-order valence-electron chi connectivity index (χ4n) is 4.89. The monoisotopic (exact) mass is 395 g/mol. The summed E-state index contributed by atoms with van der Waals surface area (Å²) in [4.78, 5) is 20.5. The Morgan fingerprint density at radius 3 is 2.69 bits per heavy atom. The van der Waals surface area contributed by atoms with Crippen LogP contribution in [0.4, 0.5) is 0 Å². The highest BCUT2D eigenvalue weighted by molar-refractivity contribution is 5.84. The molecule has 1 fully saturated rings. The average Bonchev–Trinajstić information content (AvgIpc) is 3.07. The van der Waals surface area contributed by atoms with Gasteiger partial charge in [-0.15, -0.1) is 0 Å². The highest BCUT2D eigenvalue weighted by atomic mass is 16.5. The molecule has 2 aromatic rings. The third-order valence-corrected chi connectivity index (χ3v) is 6.44. The second-order valence-corrected chi connectivity index (χ2v) is 8.54. The van der Waals surface area contributed by atoms with Crippen molar-refractivity contribution in [3.8, 4) is 0 Å². The van der Waals surface area contributed by atoms with E-state index in [0.29, 0.717) is 0 Å². The number of piperidine rings is 1. The zero-order chi connectivity index (χ0) is 20.4. The molecule has 1 saturated heterocycles. The van der Waals surface area contributed by atoms with E-state index in [0.717, 1.165) is 75.1 Å². The summed E-state index contributed by atoms with van der Waals surface area (Å²) in [6.45, 7) is 8.78. The van der Waals surface area contributed by atoms with Crippen LogP contribution in [0.3, 0.4) is 0 Å². The number of imidazole rings is 1. The number of likely N-dealkylation sites (tertiary alicyclic amines) is 1. The van der Waals surface area contributed by atoms with Gasteiger partial charge < -0.3 is 14.2 Å². The van der Waals surface area contributed by atoms with Crippen molar-refractivity contribution in [3.63, 3.8) is 0 Å². The molecule has 4 rings (SSSR count). The molecular formula is C24H33N3O2. The minimum absolute atomic E-state index is 0.157. The molecule has 1 spiro atoms. The quantitative estimate of drug-likeness (QED) is 0.691. The van der Waals surface area contributed by atoms with Crippen molar-refractivity contribution in [1.82, 2.24) is 14.5 Å². The van der Waals surface area contributed by atoms with Crippen LogP contribution in [0.1, 0.15) is 64.7 Å². The average molecular weight is 396 g/mol. The first-order valence-electron chi connectivity index (χ1n) is 11.1. The van der Waals surface area contributed by atoms with E-state index in [1.54, 1.807) is 0 Å². The lowest BCUT2D eigenvalue weighted by Crippen LogP contribution is -2.50. The number of aromatic nitrogens is 2. The molecule has 1 aromatic heterocycles. The van der Waals surface area contributed by atoms with Crippen LogP contribution in [0, 0.1) is 0 Å². The Kier molecular flexibility index (Phi) is 5.77. The Hall–Kier alpha value is -2.14. The number of rotatable bonds is 5. The summed E-state index contributed by atoms with van der Waals surface area (Å²) in [5, 5.41) is 0. The molecule has 2 aliphatic heterocycles. The smallest absolute Gasteiger partial charge is 0.245 e. The molecule has 0 aliphatic carbocycles. The summed E-state index contributed by atoms with van der Waals surface area (Å²) < 4.78 is 8.34. The van der Waals surface area contributed by atoms with Crippen molar-refractivity contribution in [1.29, 1.82) is 0 Å². The van der Waals surface area contributed by atoms with Crippen molar-refractivity contribution in [2.75, 3.05) is 19.7 Å². The number of fused-ring (bicyclic) bond motifs is 1. The Balaban J connectivity index is 1.58. The van der Waals surface area contributed by atoms with Crippen LogP contribution in [0.2, 0.25) is 0 Å². The molecule has 1 aromatic carbocycles. The molecular weight excluding hydrogens is 362 g/mol. The third-order valence-electron chi connectivity index (χ3n) is 6.44. The third kappa shape index (κ3) is 3.85. The van der Waals surface area contributed by atoms with Crippen molar-refractivity contribution in [2.45, 2.75) is 70.9 Å². The van der Waals surface area contributed by atoms with Crippen LogP contribution in [0.5, 0.6) is 0 Å². The molecule has 3 heterocycles. The van der Waals surface area contributed by atoms with Gasteiger partial charge in [0.15, 0.2) is 0 Å². The molecule has 1 unspecified atom stereocenters. The summed E-state index contributed by atoms with van der Waals surface area (Å²) in [7, 11) is 0. The number of amides is 1. The Labute approximate surface area is 173 Å². The van der Waals surface area contributed by atoms with Gasteiger partial charge >= 0.3 is 0 Å². The zero-order valence-corrected chi connectivity index (χ0v) is 18.0. The maximum atomic E-state index is 13.6. The van der Waals surface area contributed by atoms with Crippen LogP contribution in [0.15, 0.2) is 35.9 Å². The van der Waals surface area contributed by atoms with E-state index in [9.17, 15) is 4.79 Å². The SMILES string of the molecule is CCCc1nc2ccccc2n1C(CC)C(=O)N1CCC2(C=C(C)CCO2)CC1. The van der Waals surface area contributed by atoms with Crippen molar-refractivity contribution in [2.24, 2.45) is 0 Å². The van der Waals surface area contributed by atoms with Gasteiger partial charge in [-0.05, 0) is 51.2 Å². The van der Waals surface area contributed by atoms with Gasteiger partial charge in [0, 0.05) is 19.5 Å². The molecule has 5 heteroatoms. The number of hydrogen-bond donors (Lipinski definition) is 0. The van der Waals surface area contributed by atoms with Gasteiger partial charge in [-0.2, -0.15) is 0 Å². The number of benzene rings is 1. The maximum absolute atomic E-state index is 13.6. The van der Waals surface area contributed by atoms with Gasteiger partial charge in [0.2, 0.25) is 5.91 Å². The highest BCUT2D eigenvalue weighted by Gasteiger charge is 2.38. The predicted octanol–water partition coefficient (Wildman–Crippen LogP) is 4.67. The Morgan fingerprint density at radius 1 is 1.24 bits per heavy atom. The number of nitrogens with zero attached hydrogens (tertiary/aromatic N) is 3. The van der Waals surface area contributed by atoms with E-state index in [4.69, 9.17) is 9.72 Å². The van der Waals surface area contributed by atoms with Gasteiger partial charge in [-0.3, -0.25) is 4.79 Å². The Bertz CT molecular complexity index is 906. The first-order chi connectivity index (χ1) is 14.1. The number of aryl methyl sites for hydroxylation is 1. The fraction of sp³-hybridized carbons (Fsp3) is 0.583. The lowest BCUT2D eigenvalue weighted by atomic mass is 9.86. The van der Waals surface area contributed by atoms with Crippen molar-refractivity contribution < 1.29 is 9.53 Å². The minimum Gasteiger partial charge on any atom is -0.370 e. The molecule has 29 heavy (non-hydrogen) atoms. The molecule has 0 saturated carbocycles. The normalized spacial score (nSPS) is 20.1. The first-order valence-corrected chi connectivity index (χ1v) is 11.1. The van der Waals surface area contributed by atoms with Crippen LogP contribution in [-0.2, 0) is 16.0 Å². The standard InChI is InChI=1S/C24H33N3O2/c1-4-8-22-25-19-9-6-7-10-21(19)27(22)20(5-2)23(28)26-14-12-24(13-15-26)17-18(3)11-16-29-24/h6-7,9-10,17,20H,4-5,8,11-16H2,1-3H3. The van der Waals surface area contributed by atoms with E-state index in [-0.39, 0.29) is 17.6 Å². The number of carbonyl (C=O) groups excluding carboxylic acids is 1. The summed E-state index contributed by atoms with van der Waals surface area (Å²) in [6, 6.07) is 7.99. The first kappa shape index (κ1) is 20.1. The molecule has 0 radical (unpaired) electrons. The second kappa shape index (κ2) is 8.31. The van der Waals surface area contributed by atoms with Crippen molar-refractivity contribution in [3.05, 3.63) is 41.7 Å². The minimum atomic E-state index is -0.192.